The van der Waals surface area contributed by atoms with Crippen LogP contribution in [0.25, 0.3) is 22.9 Å². The third kappa shape index (κ3) is 2.40. The van der Waals surface area contributed by atoms with Gasteiger partial charge in [0.2, 0.25) is 11.8 Å². The lowest BCUT2D eigenvalue weighted by Crippen LogP contribution is -1.82. The van der Waals surface area contributed by atoms with Crippen molar-refractivity contribution in [3.8, 4) is 28.7 Å². The maximum absolute atomic E-state index is 5.71. The molecule has 0 N–H and O–H groups in total. The highest BCUT2D eigenvalue weighted by atomic mass is 16.5. The van der Waals surface area contributed by atoms with E-state index >= 15 is 0 Å². The van der Waals surface area contributed by atoms with Gasteiger partial charge in [-0.15, -0.1) is 10.2 Å². The van der Waals surface area contributed by atoms with Crippen molar-refractivity contribution in [3.63, 3.8) is 0 Å². The van der Waals surface area contributed by atoms with Crippen LogP contribution < -0.4 is 4.74 Å². The second kappa shape index (κ2) is 5.17. The number of aryl methyl sites for hydroxylation is 1. The summed E-state index contributed by atoms with van der Waals surface area (Å²) in [5.74, 6) is 1.83. The predicted molar refractivity (Wildman–Crippen MR) is 76.5 cm³/mol. The van der Waals surface area contributed by atoms with Crippen molar-refractivity contribution in [2.75, 3.05) is 7.11 Å². The summed E-state index contributed by atoms with van der Waals surface area (Å²) in [6.07, 6.45) is 0. The largest absolute Gasteiger partial charge is 0.497 e. The lowest BCUT2D eigenvalue weighted by Gasteiger charge is -1.99. The van der Waals surface area contributed by atoms with Crippen LogP contribution in [0.2, 0.25) is 0 Å². The molecule has 1 heterocycles. The quantitative estimate of drug-likeness (QED) is 0.726. The average Bonchev–Trinajstić information content (AvgIpc) is 2.98. The molecule has 4 nitrogen and oxygen atoms in total. The molecule has 2 aromatic carbocycles. The highest BCUT2D eigenvalue weighted by Crippen LogP contribution is 2.25. The summed E-state index contributed by atoms with van der Waals surface area (Å²) < 4.78 is 10.8. The zero-order valence-electron chi connectivity index (χ0n) is 11.3. The van der Waals surface area contributed by atoms with Crippen LogP contribution in [0.4, 0.5) is 0 Å². The van der Waals surface area contributed by atoms with E-state index in [1.165, 1.54) is 5.56 Å². The van der Waals surface area contributed by atoms with Gasteiger partial charge in [-0.3, -0.25) is 0 Å². The van der Waals surface area contributed by atoms with E-state index in [9.17, 15) is 0 Å². The summed E-state index contributed by atoms with van der Waals surface area (Å²) in [7, 11) is 1.64. The zero-order chi connectivity index (χ0) is 13.9. The molecular formula is C16H14N2O2. The van der Waals surface area contributed by atoms with Crippen LogP contribution >= 0.6 is 0 Å². The predicted octanol–water partition coefficient (Wildman–Crippen LogP) is 3.72. The van der Waals surface area contributed by atoms with Gasteiger partial charge < -0.3 is 9.15 Å². The molecule has 3 aromatic rings. The summed E-state index contributed by atoms with van der Waals surface area (Å²) in [5, 5.41) is 8.17. The van der Waals surface area contributed by atoms with Crippen LogP contribution in [-0.2, 0) is 0 Å². The molecule has 0 saturated carbocycles. The topological polar surface area (TPSA) is 48.2 Å². The van der Waals surface area contributed by atoms with Crippen molar-refractivity contribution in [2.24, 2.45) is 0 Å². The number of hydrogen-bond acceptors (Lipinski definition) is 4. The second-order valence-electron chi connectivity index (χ2n) is 4.51. The molecule has 0 aliphatic heterocycles. The van der Waals surface area contributed by atoms with Gasteiger partial charge in [0.25, 0.3) is 0 Å². The minimum absolute atomic E-state index is 0.503. The van der Waals surface area contributed by atoms with Gasteiger partial charge in [-0.25, -0.2) is 0 Å². The molecule has 0 aliphatic rings. The lowest BCUT2D eigenvalue weighted by atomic mass is 10.1. The number of aromatic nitrogens is 2. The molecule has 0 radical (unpaired) electrons. The summed E-state index contributed by atoms with van der Waals surface area (Å²) in [6, 6.07) is 15.5. The van der Waals surface area contributed by atoms with Crippen LogP contribution in [0.5, 0.6) is 5.75 Å². The molecule has 0 spiro atoms. The summed E-state index contributed by atoms with van der Waals surface area (Å²) in [5.41, 5.74) is 2.99. The number of ether oxygens (including phenoxy) is 1. The van der Waals surface area contributed by atoms with Gasteiger partial charge in [0.05, 0.1) is 7.11 Å². The Morgan fingerprint density at radius 3 is 1.80 bits per heavy atom. The fourth-order valence-electron chi connectivity index (χ4n) is 1.89. The Hall–Kier alpha value is -2.62. The monoisotopic (exact) mass is 268 g/mol. The Morgan fingerprint density at radius 1 is 0.800 bits per heavy atom. The van der Waals surface area contributed by atoms with Gasteiger partial charge in [-0.2, -0.15) is 0 Å². The first-order chi connectivity index (χ1) is 9.76. The van der Waals surface area contributed by atoms with Crippen molar-refractivity contribution < 1.29 is 9.15 Å². The van der Waals surface area contributed by atoms with Crippen LogP contribution in [-0.4, -0.2) is 17.3 Å². The lowest BCUT2D eigenvalue weighted by molar-refractivity contribution is 0.415. The molecule has 1 aromatic heterocycles. The summed E-state index contributed by atoms with van der Waals surface area (Å²) in [4.78, 5) is 0. The van der Waals surface area contributed by atoms with E-state index in [1.54, 1.807) is 7.11 Å². The normalized spacial score (nSPS) is 10.5. The average molecular weight is 268 g/mol. The molecule has 4 heteroatoms. The maximum atomic E-state index is 5.71. The molecule has 100 valence electrons. The third-order valence-corrected chi connectivity index (χ3v) is 3.06. The molecule has 0 unspecified atom stereocenters. The molecule has 0 saturated heterocycles. The van der Waals surface area contributed by atoms with E-state index < -0.39 is 0 Å². The van der Waals surface area contributed by atoms with Gasteiger partial charge >= 0.3 is 0 Å². The van der Waals surface area contributed by atoms with Gasteiger partial charge in [0.1, 0.15) is 5.75 Å². The molecule has 0 amide bonds. The third-order valence-electron chi connectivity index (χ3n) is 3.06. The SMILES string of the molecule is COc1ccc(-c2[15n][15n]c(-c3ccc(C)cc3)o2)cc1. The van der Waals surface area contributed by atoms with Gasteiger partial charge in [-0.1, -0.05) is 17.7 Å². The van der Waals surface area contributed by atoms with Crippen molar-refractivity contribution in [1.29, 1.82) is 0 Å². The Kier molecular flexibility index (Phi) is 3.21. The first-order valence-corrected chi connectivity index (χ1v) is 6.31. The fourth-order valence-corrected chi connectivity index (χ4v) is 1.89. The van der Waals surface area contributed by atoms with Crippen LogP contribution in [0.3, 0.4) is 0 Å². The first kappa shape index (κ1) is 12.4. The Labute approximate surface area is 117 Å². The number of nitrogens with zero attached hydrogens (tertiary/aromatic N) is 2. The number of methoxy groups -OCH3 is 1. The molecule has 0 atom stereocenters. The molecule has 0 aliphatic carbocycles. The van der Waals surface area contributed by atoms with Crippen molar-refractivity contribution in [1.82, 2.24) is 10.2 Å². The molecular weight excluding hydrogens is 254 g/mol. The van der Waals surface area contributed by atoms with E-state index in [0.29, 0.717) is 11.8 Å². The van der Waals surface area contributed by atoms with Crippen LogP contribution in [0, 0.1) is 6.92 Å². The van der Waals surface area contributed by atoms with E-state index in [2.05, 4.69) is 10.2 Å². The fraction of sp³-hybridized carbons (Fsp3) is 0.125. The molecule has 3 rings (SSSR count). The molecule has 0 bridgehead atoms. The van der Waals surface area contributed by atoms with Gasteiger partial charge in [0.15, 0.2) is 0 Å². The first-order valence-electron chi connectivity index (χ1n) is 6.31. The van der Waals surface area contributed by atoms with Gasteiger partial charge in [-0.05, 0) is 43.3 Å². The van der Waals surface area contributed by atoms with Gasteiger partial charge in [0, 0.05) is 11.1 Å². The van der Waals surface area contributed by atoms with Crippen LogP contribution in [0.15, 0.2) is 52.9 Å². The summed E-state index contributed by atoms with van der Waals surface area (Å²) >= 11 is 0. The summed E-state index contributed by atoms with van der Waals surface area (Å²) in [6.45, 7) is 2.04. The van der Waals surface area contributed by atoms with E-state index in [1.807, 2.05) is 55.5 Å². The number of rotatable bonds is 3. The zero-order valence-corrected chi connectivity index (χ0v) is 11.3. The molecule has 20 heavy (non-hydrogen) atoms. The minimum atomic E-state index is 0.503. The second-order valence-corrected chi connectivity index (χ2v) is 4.51. The van der Waals surface area contributed by atoms with Crippen molar-refractivity contribution in [2.45, 2.75) is 6.92 Å². The highest BCUT2D eigenvalue weighted by Gasteiger charge is 2.10. The Bertz CT molecular complexity index is 700. The van der Waals surface area contributed by atoms with E-state index in [-0.39, 0.29) is 0 Å². The van der Waals surface area contributed by atoms with E-state index in [0.717, 1.165) is 16.9 Å². The highest BCUT2D eigenvalue weighted by molar-refractivity contribution is 5.58. The number of benzene rings is 2. The molecule has 0 fully saturated rings. The minimum Gasteiger partial charge on any atom is -0.497 e. The Balaban J connectivity index is 1.91. The number of hydrogen-bond donors (Lipinski definition) is 0. The maximum Gasteiger partial charge on any atom is 0.248 e. The van der Waals surface area contributed by atoms with Crippen LogP contribution in [0.1, 0.15) is 5.56 Å². The standard InChI is InChI=1S/C16H14N2O2/c1-11-3-5-12(6-4-11)15-17-18-16(20-15)13-7-9-14(19-2)10-8-13/h3-10H,1-2H3/i17+1,18+1. The van der Waals surface area contributed by atoms with Crippen molar-refractivity contribution in [3.05, 3.63) is 54.1 Å². The van der Waals surface area contributed by atoms with Crippen molar-refractivity contribution >= 4 is 0 Å². The smallest absolute Gasteiger partial charge is 0.248 e. The van der Waals surface area contributed by atoms with E-state index in [4.69, 9.17) is 9.15 Å². The Morgan fingerprint density at radius 2 is 1.30 bits per heavy atom.